The number of nitrogens with one attached hydrogen (secondary N) is 2. The smallest absolute Gasteiger partial charge is 0.329 e. The normalized spacial score (nSPS) is 11.7. The number of nitrogens with zero attached hydrogens (tertiary/aromatic N) is 1. The fraction of sp³-hybridized carbons (Fsp3) is 0.286. The van der Waals surface area contributed by atoms with Gasteiger partial charge in [-0.05, 0) is 42.7 Å². The minimum absolute atomic E-state index is 0.0741. The lowest BCUT2D eigenvalue weighted by molar-refractivity contribution is -0.139. The summed E-state index contributed by atoms with van der Waals surface area (Å²) in [6, 6.07) is 15.0. The second-order valence-electron chi connectivity index (χ2n) is 6.17. The zero-order valence-corrected chi connectivity index (χ0v) is 16.3. The van der Waals surface area contributed by atoms with Gasteiger partial charge >= 0.3 is 11.8 Å². The summed E-state index contributed by atoms with van der Waals surface area (Å²) in [5.41, 5.74) is 3.94. The van der Waals surface area contributed by atoms with Crippen LogP contribution in [0.4, 0.5) is 0 Å². The zero-order valence-electron chi connectivity index (χ0n) is 16.3. The fourth-order valence-corrected chi connectivity index (χ4v) is 2.23. The maximum absolute atomic E-state index is 11.7. The molecular weight excluding hydrogens is 358 g/mol. The van der Waals surface area contributed by atoms with Crippen molar-refractivity contribution in [1.29, 1.82) is 0 Å². The molecule has 2 aromatic rings. The van der Waals surface area contributed by atoms with Crippen LogP contribution in [-0.4, -0.2) is 31.2 Å². The number of carbonyl (C=O) groups is 2. The quantitative estimate of drug-likeness (QED) is 0.417. The maximum atomic E-state index is 11.7. The molecular formula is C21H25N3O4. The van der Waals surface area contributed by atoms with Crippen LogP contribution in [0.2, 0.25) is 0 Å². The van der Waals surface area contributed by atoms with Gasteiger partial charge in [-0.1, -0.05) is 37.3 Å². The Bertz CT molecular complexity index is 822. The van der Waals surface area contributed by atoms with Crippen LogP contribution in [-0.2, 0) is 16.2 Å². The van der Waals surface area contributed by atoms with Gasteiger partial charge in [0.25, 0.3) is 0 Å². The first-order valence-corrected chi connectivity index (χ1v) is 9.02. The van der Waals surface area contributed by atoms with E-state index in [9.17, 15) is 9.59 Å². The van der Waals surface area contributed by atoms with Crippen LogP contribution in [0.5, 0.6) is 11.5 Å². The summed E-state index contributed by atoms with van der Waals surface area (Å²) in [4.78, 5) is 23.4. The molecule has 0 unspecified atom stereocenters. The number of hydrazone groups is 1. The van der Waals surface area contributed by atoms with Crippen LogP contribution in [0.3, 0.4) is 0 Å². The van der Waals surface area contributed by atoms with Crippen LogP contribution < -0.4 is 20.2 Å². The van der Waals surface area contributed by atoms with E-state index in [1.165, 1.54) is 6.21 Å². The van der Waals surface area contributed by atoms with Gasteiger partial charge in [-0.25, -0.2) is 5.43 Å². The molecule has 2 rings (SSSR count). The molecule has 7 nitrogen and oxygen atoms in total. The van der Waals surface area contributed by atoms with Crippen LogP contribution >= 0.6 is 0 Å². The highest BCUT2D eigenvalue weighted by molar-refractivity contribution is 6.35. The molecule has 0 bridgehead atoms. The molecule has 0 saturated carbocycles. The third-order valence-corrected chi connectivity index (χ3v) is 4.00. The summed E-state index contributed by atoms with van der Waals surface area (Å²) in [5, 5.41) is 6.38. The molecule has 0 radical (unpaired) electrons. The lowest BCUT2D eigenvalue weighted by atomic mass is 10.2. The van der Waals surface area contributed by atoms with Crippen molar-refractivity contribution in [2.75, 3.05) is 7.11 Å². The second kappa shape index (κ2) is 10.7. The third kappa shape index (κ3) is 6.42. The molecule has 0 spiro atoms. The van der Waals surface area contributed by atoms with Gasteiger partial charge in [-0.3, -0.25) is 9.59 Å². The average molecular weight is 383 g/mol. The topological polar surface area (TPSA) is 89.0 Å². The van der Waals surface area contributed by atoms with E-state index in [4.69, 9.17) is 9.47 Å². The Hall–Kier alpha value is -3.35. The van der Waals surface area contributed by atoms with Crippen molar-refractivity contribution in [1.82, 2.24) is 10.7 Å². The molecule has 148 valence electrons. The first-order chi connectivity index (χ1) is 13.5. The van der Waals surface area contributed by atoms with Gasteiger partial charge in [0.05, 0.1) is 13.3 Å². The Labute approximate surface area is 164 Å². The standard InChI is InChI=1S/C21H25N3O4/c1-4-15(2)23-20(25)21(26)24-22-13-17-10-11-18(19(12-17)27-3)28-14-16-8-6-5-7-9-16/h5-13,15H,4,14H2,1-3H3,(H,23,25)(H,24,26)/b22-13-/t15-/m0/s1. The summed E-state index contributed by atoms with van der Waals surface area (Å²) >= 11 is 0. The SMILES string of the molecule is CC[C@H](C)NC(=O)C(=O)N/N=C\c1ccc(OCc2ccccc2)c(OC)c1. The van der Waals surface area contributed by atoms with Gasteiger partial charge in [0.1, 0.15) is 6.61 Å². The molecule has 7 heteroatoms. The van der Waals surface area contributed by atoms with Crippen LogP contribution in [0.25, 0.3) is 0 Å². The molecule has 1 atom stereocenters. The average Bonchev–Trinajstić information content (AvgIpc) is 2.73. The van der Waals surface area contributed by atoms with Gasteiger partial charge in [0, 0.05) is 6.04 Å². The predicted molar refractivity (Wildman–Crippen MR) is 107 cm³/mol. The first-order valence-electron chi connectivity index (χ1n) is 9.02. The number of ether oxygens (including phenoxy) is 2. The molecule has 0 aromatic heterocycles. The molecule has 28 heavy (non-hydrogen) atoms. The molecule has 0 aliphatic carbocycles. The van der Waals surface area contributed by atoms with E-state index in [0.717, 1.165) is 12.0 Å². The lowest BCUT2D eigenvalue weighted by Gasteiger charge is -2.11. The van der Waals surface area contributed by atoms with E-state index >= 15 is 0 Å². The molecule has 0 aliphatic heterocycles. The van der Waals surface area contributed by atoms with E-state index < -0.39 is 11.8 Å². The largest absolute Gasteiger partial charge is 0.493 e. The Morgan fingerprint density at radius 3 is 2.54 bits per heavy atom. The maximum Gasteiger partial charge on any atom is 0.329 e. The van der Waals surface area contributed by atoms with E-state index in [-0.39, 0.29) is 6.04 Å². The monoisotopic (exact) mass is 383 g/mol. The van der Waals surface area contributed by atoms with Crippen molar-refractivity contribution in [2.45, 2.75) is 32.9 Å². The minimum Gasteiger partial charge on any atom is -0.493 e. The fourth-order valence-electron chi connectivity index (χ4n) is 2.23. The van der Waals surface area contributed by atoms with Crippen molar-refractivity contribution in [3.05, 3.63) is 59.7 Å². The highest BCUT2D eigenvalue weighted by Gasteiger charge is 2.14. The zero-order chi connectivity index (χ0) is 20.4. The number of carbonyl (C=O) groups excluding carboxylic acids is 2. The molecule has 0 saturated heterocycles. The van der Waals surface area contributed by atoms with Crippen molar-refractivity contribution < 1.29 is 19.1 Å². The molecule has 0 aliphatic rings. The summed E-state index contributed by atoms with van der Waals surface area (Å²) in [6.07, 6.45) is 2.17. The number of benzene rings is 2. The summed E-state index contributed by atoms with van der Waals surface area (Å²) < 4.78 is 11.2. The third-order valence-electron chi connectivity index (χ3n) is 4.00. The van der Waals surface area contributed by atoms with Gasteiger partial charge in [0.15, 0.2) is 11.5 Å². The Morgan fingerprint density at radius 2 is 1.86 bits per heavy atom. The summed E-state index contributed by atoms with van der Waals surface area (Å²) in [7, 11) is 1.55. The highest BCUT2D eigenvalue weighted by atomic mass is 16.5. The Morgan fingerprint density at radius 1 is 1.11 bits per heavy atom. The van der Waals surface area contributed by atoms with Crippen LogP contribution in [0, 0.1) is 0 Å². The minimum atomic E-state index is -0.814. The van der Waals surface area contributed by atoms with E-state index in [1.54, 1.807) is 25.3 Å². The molecule has 0 heterocycles. The predicted octanol–water partition coefficient (Wildman–Crippen LogP) is 2.64. The van der Waals surface area contributed by atoms with Crippen molar-refractivity contribution in [3.8, 4) is 11.5 Å². The number of hydrogen-bond donors (Lipinski definition) is 2. The van der Waals surface area contributed by atoms with Crippen LogP contribution in [0.15, 0.2) is 53.6 Å². The van der Waals surface area contributed by atoms with Gasteiger partial charge in [-0.15, -0.1) is 0 Å². The molecule has 2 aromatic carbocycles. The van der Waals surface area contributed by atoms with Gasteiger partial charge in [-0.2, -0.15) is 5.10 Å². The van der Waals surface area contributed by atoms with Gasteiger partial charge in [0.2, 0.25) is 0 Å². The van der Waals surface area contributed by atoms with Crippen LogP contribution in [0.1, 0.15) is 31.4 Å². The molecule has 2 N–H and O–H groups in total. The lowest BCUT2D eigenvalue weighted by Crippen LogP contribution is -2.41. The summed E-state index contributed by atoms with van der Waals surface area (Å²) in [5.74, 6) is -0.388. The number of methoxy groups -OCH3 is 1. The Kier molecular flexibility index (Phi) is 8.02. The van der Waals surface area contributed by atoms with E-state index in [2.05, 4.69) is 15.8 Å². The first kappa shape index (κ1) is 21.0. The number of rotatable bonds is 8. The Balaban J connectivity index is 1.94. The van der Waals surface area contributed by atoms with E-state index in [1.807, 2.05) is 44.2 Å². The second-order valence-corrected chi connectivity index (χ2v) is 6.17. The van der Waals surface area contributed by atoms with E-state index in [0.29, 0.717) is 23.7 Å². The number of amides is 2. The highest BCUT2D eigenvalue weighted by Crippen LogP contribution is 2.28. The molecule has 2 amide bonds. The van der Waals surface area contributed by atoms with Gasteiger partial charge < -0.3 is 14.8 Å². The molecule has 0 fully saturated rings. The van der Waals surface area contributed by atoms with Crippen molar-refractivity contribution in [3.63, 3.8) is 0 Å². The van der Waals surface area contributed by atoms with Crippen molar-refractivity contribution in [2.24, 2.45) is 5.10 Å². The number of hydrogen-bond acceptors (Lipinski definition) is 5. The summed E-state index contributed by atoms with van der Waals surface area (Å²) in [6.45, 7) is 4.16. The van der Waals surface area contributed by atoms with Crippen molar-refractivity contribution >= 4 is 18.0 Å².